The van der Waals surface area contributed by atoms with Gasteiger partial charge in [0.05, 0.1) is 13.0 Å². The van der Waals surface area contributed by atoms with Crippen LogP contribution in [0, 0.1) is 46.3 Å². The van der Waals surface area contributed by atoms with E-state index in [-0.39, 0.29) is 35.3 Å². The zero-order valence-corrected chi connectivity index (χ0v) is 19.2. The summed E-state index contributed by atoms with van der Waals surface area (Å²) in [5.41, 5.74) is -0.241. The Morgan fingerprint density at radius 3 is 2.47 bits per heavy atom. The second-order valence-electron chi connectivity index (χ2n) is 11.1. The summed E-state index contributed by atoms with van der Waals surface area (Å²) in [6.45, 7) is 7.99. The van der Waals surface area contributed by atoms with Crippen molar-refractivity contribution in [2.24, 2.45) is 46.3 Å². The molecule has 0 aromatic heterocycles. The second-order valence-corrected chi connectivity index (χ2v) is 11.1. The van der Waals surface area contributed by atoms with Crippen molar-refractivity contribution < 1.29 is 23.9 Å². The van der Waals surface area contributed by atoms with E-state index in [0.29, 0.717) is 35.9 Å². The number of Topliss-reactive ketones (excluding diaryl/α,β-unsaturated/α-hetero) is 1. The molecule has 168 valence electrons. The van der Waals surface area contributed by atoms with Crippen molar-refractivity contribution in [3.05, 3.63) is 0 Å². The van der Waals surface area contributed by atoms with Gasteiger partial charge < -0.3 is 9.47 Å². The summed E-state index contributed by atoms with van der Waals surface area (Å²) in [7, 11) is 1.45. The van der Waals surface area contributed by atoms with Crippen molar-refractivity contribution in [3.63, 3.8) is 0 Å². The number of carbonyl (C=O) groups excluding carboxylic acids is 3. The summed E-state index contributed by atoms with van der Waals surface area (Å²) in [5, 5.41) is 0. The van der Waals surface area contributed by atoms with Crippen molar-refractivity contribution in [2.45, 2.75) is 85.2 Å². The predicted octanol–water partition coefficient (Wildman–Crippen LogP) is 4.57. The standard InChI is InChI=1S/C25H38O5/c1-14(23(28)29-5)19-8-9-20-18-7-6-16-12-17(30-15(2)26)10-11-24(16,3)21(18)13-22(27)25(19,20)4/h14,16-21H,6-13H2,1-5H3/t14-,16-,17-,18+,19+,20-,21-,24+,25-/m1/s1. The quantitative estimate of drug-likeness (QED) is 0.628. The van der Waals surface area contributed by atoms with Gasteiger partial charge >= 0.3 is 11.9 Å². The van der Waals surface area contributed by atoms with Crippen LogP contribution in [0.15, 0.2) is 0 Å². The average Bonchev–Trinajstić information content (AvgIpc) is 3.06. The lowest BCUT2D eigenvalue weighted by molar-refractivity contribution is -0.168. The highest BCUT2D eigenvalue weighted by atomic mass is 16.5. The highest BCUT2D eigenvalue weighted by Crippen LogP contribution is 2.67. The van der Waals surface area contributed by atoms with Crippen molar-refractivity contribution in [1.82, 2.24) is 0 Å². The van der Waals surface area contributed by atoms with E-state index in [0.717, 1.165) is 44.9 Å². The molecule has 0 saturated heterocycles. The monoisotopic (exact) mass is 418 g/mol. The van der Waals surface area contributed by atoms with Crippen LogP contribution in [0.3, 0.4) is 0 Å². The molecule has 4 fully saturated rings. The van der Waals surface area contributed by atoms with Gasteiger partial charge in [-0.15, -0.1) is 0 Å². The van der Waals surface area contributed by atoms with Gasteiger partial charge in [-0.05, 0) is 80.0 Å². The molecule has 0 N–H and O–H groups in total. The number of esters is 2. The maximum atomic E-state index is 13.7. The number of hydrogen-bond acceptors (Lipinski definition) is 5. The van der Waals surface area contributed by atoms with Crippen LogP contribution >= 0.6 is 0 Å². The normalized spacial score (nSPS) is 46.2. The molecule has 0 bridgehead atoms. The zero-order valence-electron chi connectivity index (χ0n) is 19.2. The number of carbonyl (C=O) groups is 3. The highest BCUT2D eigenvalue weighted by molar-refractivity contribution is 5.88. The van der Waals surface area contributed by atoms with Gasteiger partial charge in [-0.25, -0.2) is 0 Å². The van der Waals surface area contributed by atoms with Crippen LogP contribution in [0.4, 0.5) is 0 Å². The fourth-order valence-corrected chi connectivity index (χ4v) is 8.45. The molecule has 0 amide bonds. The van der Waals surface area contributed by atoms with Crippen LogP contribution in [0.25, 0.3) is 0 Å². The summed E-state index contributed by atoms with van der Waals surface area (Å²) in [6.07, 6.45) is 7.89. The van der Waals surface area contributed by atoms with Crippen molar-refractivity contribution in [2.75, 3.05) is 7.11 Å². The van der Waals surface area contributed by atoms with Crippen LogP contribution in [0.5, 0.6) is 0 Å². The van der Waals surface area contributed by atoms with Gasteiger partial charge in [0.25, 0.3) is 0 Å². The molecule has 4 aliphatic rings. The molecule has 5 nitrogen and oxygen atoms in total. The SMILES string of the molecule is COC(=O)[C@H](C)[C@@H]1CC[C@@H]2[C@@H]3CC[C@@H]4C[C@H](OC(C)=O)CC[C@]4(C)[C@@H]3CC(=O)[C@@]21C. The third-order valence-electron chi connectivity index (χ3n) is 10.1. The lowest BCUT2D eigenvalue weighted by Gasteiger charge is -2.60. The van der Waals surface area contributed by atoms with E-state index in [1.165, 1.54) is 14.0 Å². The van der Waals surface area contributed by atoms with E-state index in [9.17, 15) is 14.4 Å². The Bertz CT molecular complexity index is 731. The summed E-state index contributed by atoms with van der Waals surface area (Å²) >= 11 is 0. The minimum absolute atomic E-state index is 0.0402. The minimum Gasteiger partial charge on any atom is -0.469 e. The van der Waals surface area contributed by atoms with Gasteiger partial charge in [0.1, 0.15) is 11.9 Å². The third-order valence-corrected chi connectivity index (χ3v) is 10.1. The van der Waals surface area contributed by atoms with Crippen molar-refractivity contribution in [1.29, 1.82) is 0 Å². The lowest BCUT2D eigenvalue weighted by Crippen LogP contribution is -2.57. The van der Waals surface area contributed by atoms with E-state index in [2.05, 4.69) is 13.8 Å². The van der Waals surface area contributed by atoms with Gasteiger partial charge in [-0.3, -0.25) is 14.4 Å². The van der Waals surface area contributed by atoms with Crippen molar-refractivity contribution >= 4 is 17.7 Å². The summed E-state index contributed by atoms with van der Waals surface area (Å²) in [6, 6.07) is 0. The topological polar surface area (TPSA) is 69.7 Å². The van der Waals surface area contributed by atoms with E-state index >= 15 is 0 Å². The first-order valence-corrected chi connectivity index (χ1v) is 11.9. The highest BCUT2D eigenvalue weighted by Gasteiger charge is 2.64. The first-order valence-electron chi connectivity index (χ1n) is 11.9. The molecule has 9 atom stereocenters. The Morgan fingerprint density at radius 2 is 1.80 bits per heavy atom. The number of ether oxygens (including phenoxy) is 2. The fourth-order valence-electron chi connectivity index (χ4n) is 8.45. The summed E-state index contributed by atoms with van der Waals surface area (Å²) < 4.78 is 10.6. The molecule has 4 aliphatic carbocycles. The average molecular weight is 419 g/mol. The largest absolute Gasteiger partial charge is 0.469 e. The summed E-state index contributed by atoms with van der Waals surface area (Å²) in [4.78, 5) is 37.4. The Balaban J connectivity index is 1.57. The maximum absolute atomic E-state index is 13.7. The molecule has 0 heterocycles. The summed E-state index contributed by atoms with van der Waals surface area (Å²) in [5.74, 6) is 1.77. The third kappa shape index (κ3) is 3.14. The number of ketones is 1. The number of rotatable bonds is 3. The Kier molecular flexibility index (Phi) is 5.55. The molecule has 5 heteroatoms. The van der Waals surface area contributed by atoms with Gasteiger partial charge in [-0.2, -0.15) is 0 Å². The maximum Gasteiger partial charge on any atom is 0.308 e. The number of hydrogen-bond donors (Lipinski definition) is 0. The Hall–Kier alpha value is -1.39. The smallest absolute Gasteiger partial charge is 0.308 e. The minimum atomic E-state index is -0.396. The van der Waals surface area contributed by atoms with E-state index in [1.807, 2.05) is 6.92 Å². The second kappa shape index (κ2) is 7.63. The lowest BCUT2D eigenvalue weighted by atomic mass is 9.44. The van der Waals surface area contributed by atoms with E-state index in [4.69, 9.17) is 9.47 Å². The van der Waals surface area contributed by atoms with E-state index < -0.39 is 5.41 Å². The molecule has 0 unspecified atom stereocenters. The first-order chi connectivity index (χ1) is 14.1. The fraction of sp³-hybridized carbons (Fsp3) is 0.880. The van der Waals surface area contributed by atoms with Crippen LogP contribution in [0.1, 0.15) is 79.1 Å². The zero-order chi connectivity index (χ0) is 21.8. The van der Waals surface area contributed by atoms with Crippen LogP contribution in [-0.2, 0) is 23.9 Å². The molecule has 4 saturated carbocycles. The van der Waals surface area contributed by atoms with Gasteiger partial charge in [0.2, 0.25) is 0 Å². The molecule has 4 rings (SSSR count). The number of fused-ring (bicyclic) bond motifs is 5. The molecule has 0 aliphatic heterocycles. The van der Waals surface area contributed by atoms with Gasteiger partial charge in [-0.1, -0.05) is 20.8 Å². The van der Waals surface area contributed by atoms with Crippen LogP contribution in [0.2, 0.25) is 0 Å². The van der Waals surface area contributed by atoms with Crippen LogP contribution < -0.4 is 0 Å². The molecular formula is C25H38O5. The van der Waals surface area contributed by atoms with E-state index in [1.54, 1.807) is 0 Å². The van der Waals surface area contributed by atoms with Crippen molar-refractivity contribution in [3.8, 4) is 0 Å². The Labute approximate surface area is 180 Å². The number of methoxy groups -OCH3 is 1. The molecule has 0 radical (unpaired) electrons. The van der Waals surface area contributed by atoms with Gasteiger partial charge in [0, 0.05) is 18.8 Å². The molecule has 0 aromatic rings. The Morgan fingerprint density at radius 1 is 1.07 bits per heavy atom. The molecule has 30 heavy (non-hydrogen) atoms. The molecule has 0 aromatic carbocycles. The molecular weight excluding hydrogens is 380 g/mol. The first kappa shape index (κ1) is 21.8. The van der Waals surface area contributed by atoms with Gasteiger partial charge in [0.15, 0.2) is 0 Å². The molecule has 0 spiro atoms. The van der Waals surface area contributed by atoms with Crippen LogP contribution in [-0.4, -0.2) is 30.9 Å². The predicted molar refractivity (Wildman–Crippen MR) is 112 cm³/mol.